The van der Waals surface area contributed by atoms with E-state index in [1.54, 1.807) is 42.5 Å². The number of anilines is 1. The van der Waals surface area contributed by atoms with Gasteiger partial charge in [0.2, 0.25) is 5.91 Å². The van der Waals surface area contributed by atoms with E-state index in [0.717, 1.165) is 5.56 Å². The number of benzene rings is 2. The van der Waals surface area contributed by atoms with Gasteiger partial charge in [-0.15, -0.1) is 0 Å². The largest absolute Gasteiger partial charge is 0.457 e. The van der Waals surface area contributed by atoms with Crippen molar-refractivity contribution in [1.29, 1.82) is 0 Å². The van der Waals surface area contributed by atoms with Gasteiger partial charge in [-0.3, -0.25) is 14.9 Å². The minimum Gasteiger partial charge on any atom is -0.457 e. The fraction of sp³-hybridized carbons (Fsp3) is 0. The summed E-state index contributed by atoms with van der Waals surface area (Å²) in [5.74, 6) is 0.814. The Hall–Kier alpha value is -3.67. The Bertz CT molecular complexity index is 912. The number of amides is 1. The van der Waals surface area contributed by atoms with Crippen LogP contribution in [0.5, 0.6) is 0 Å². The fourth-order valence-electron chi connectivity index (χ4n) is 2.21. The van der Waals surface area contributed by atoms with Crippen LogP contribution in [0.15, 0.2) is 77.2 Å². The number of furan rings is 1. The van der Waals surface area contributed by atoms with Crippen LogP contribution in [0.3, 0.4) is 0 Å². The number of nitro benzene ring substituents is 1. The van der Waals surface area contributed by atoms with Gasteiger partial charge in [-0.1, -0.05) is 18.2 Å². The zero-order valence-corrected chi connectivity index (χ0v) is 13.1. The Labute approximate surface area is 143 Å². The van der Waals surface area contributed by atoms with Crippen LogP contribution in [0.4, 0.5) is 11.4 Å². The molecule has 0 atom stereocenters. The van der Waals surface area contributed by atoms with Gasteiger partial charge in [-0.2, -0.15) is 0 Å². The number of carbonyl (C=O) groups excluding carboxylic acids is 1. The third kappa shape index (κ3) is 4.20. The average molecular weight is 334 g/mol. The fourth-order valence-corrected chi connectivity index (χ4v) is 2.21. The number of nitrogens with zero attached hydrogens (tertiary/aromatic N) is 1. The maximum Gasteiger partial charge on any atom is 0.269 e. The van der Waals surface area contributed by atoms with Crippen LogP contribution >= 0.6 is 0 Å². The summed E-state index contributed by atoms with van der Waals surface area (Å²) in [7, 11) is 0. The van der Waals surface area contributed by atoms with Gasteiger partial charge in [0.05, 0.1) is 4.92 Å². The molecule has 3 rings (SSSR count). The Kier molecular flexibility index (Phi) is 4.71. The van der Waals surface area contributed by atoms with Crippen molar-refractivity contribution in [2.75, 3.05) is 5.32 Å². The van der Waals surface area contributed by atoms with Crippen LogP contribution in [-0.2, 0) is 4.79 Å². The van der Waals surface area contributed by atoms with Crippen molar-refractivity contribution < 1.29 is 14.1 Å². The van der Waals surface area contributed by atoms with Gasteiger partial charge >= 0.3 is 0 Å². The minimum atomic E-state index is -0.453. The van der Waals surface area contributed by atoms with Gasteiger partial charge in [0.25, 0.3) is 5.69 Å². The van der Waals surface area contributed by atoms with Gasteiger partial charge in [0.1, 0.15) is 11.5 Å². The van der Waals surface area contributed by atoms with Gasteiger partial charge in [0.15, 0.2) is 0 Å². The smallest absolute Gasteiger partial charge is 0.269 e. The molecule has 1 N–H and O–H groups in total. The molecule has 0 unspecified atom stereocenters. The number of nitro groups is 1. The molecule has 1 heterocycles. The van der Waals surface area contributed by atoms with Crippen molar-refractivity contribution in [2.24, 2.45) is 0 Å². The van der Waals surface area contributed by atoms with E-state index in [1.807, 2.05) is 18.2 Å². The Morgan fingerprint density at radius 1 is 1.00 bits per heavy atom. The summed E-state index contributed by atoms with van der Waals surface area (Å²) in [4.78, 5) is 22.1. The number of para-hydroxylation sites is 1. The molecular weight excluding hydrogens is 320 g/mol. The van der Waals surface area contributed by atoms with E-state index >= 15 is 0 Å². The van der Waals surface area contributed by atoms with E-state index in [9.17, 15) is 14.9 Å². The molecule has 124 valence electrons. The highest BCUT2D eigenvalue weighted by Crippen LogP contribution is 2.25. The molecule has 0 aliphatic carbocycles. The predicted molar refractivity (Wildman–Crippen MR) is 94.9 cm³/mol. The first-order valence-electron chi connectivity index (χ1n) is 7.50. The van der Waals surface area contributed by atoms with E-state index < -0.39 is 4.92 Å². The number of nitrogens with one attached hydrogen (secondary N) is 1. The van der Waals surface area contributed by atoms with Crippen molar-refractivity contribution in [3.05, 3.63) is 88.7 Å². The zero-order chi connectivity index (χ0) is 17.6. The summed E-state index contributed by atoms with van der Waals surface area (Å²) in [5.41, 5.74) is 1.45. The van der Waals surface area contributed by atoms with Gasteiger partial charge in [-0.05, 0) is 42.5 Å². The van der Waals surface area contributed by atoms with Gasteiger partial charge < -0.3 is 9.73 Å². The van der Waals surface area contributed by atoms with Crippen LogP contribution in [0.1, 0.15) is 5.76 Å². The maximum absolute atomic E-state index is 11.9. The van der Waals surface area contributed by atoms with Crippen LogP contribution in [0.2, 0.25) is 0 Å². The second kappa shape index (κ2) is 7.27. The first-order valence-corrected chi connectivity index (χ1v) is 7.50. The number of hydrogen-bond donors (Lipinski definition) is 1. The molecule has 1 amide bonds. The molecule has 6 nitrogen and oxygen atoms in total. The molecule has 0 radical (unpaired) electrons. The summed E-state index contributed by atoms with van der Waals surface area (Å²) >= 11 is 0. The van der Waals surface area contributed by atoms with E-state index in [-0.39, 0.29) is 11.6 Å². The summed E-state index contributed by atoms with van der Waals surface area (Å²) in [6.07, 6.45) is 2.94. The lowest BCUT2D eigenvalue weighted by Crippen LogP contribution is -2.07. The molecule has 0 spiro atoms. The van der Waals surface area contributed by atoms with Gasteiger partial charge in [-0.25, -0.2) is 0 Å². The van der Waals surface area contributed by atoms with E-state index in [4.69, 9.17) is 4.42 Å². The molecule has 6 heteroatoms. The van der Waals surface area contributed by atoms with E-state index in [1.165, 1.54) is 18.2 Å². The third-order valence-corrected chi connectivity index (χ3v) is 3.43. The zero-order valence-electron chi connectivity index (χ0n) is 13.1. The van der Waals surface area contributed by atoms with Crippen molar-refractivity contribution in [1.82, 2.24) is 0 Å². The first-order chi connectivity index (χ1) is 12.1. The van der Waals surface area contributed by atoms with E-state index in [2.05, 4.69) is 5.32 Å². The summed E-state index contributed by atoms with van der Waals surface area (Å²) in [5, 5.41) is 13.4. The normalized spacial score (nSPS) is 10.7. The van der Waals surface area contributed by atoms with Crippen molar-refractivity contribution in [3.63, 3.8) is 0 Å². The van der Waals surface area contributed by atoms with Crippen molar-refractivity contribution in [3.8, 4) is 11.3 Å². The summed E-state index contributed by atoms with van der Waals surface area (Å²) in [6.45, 7) is 0. The quantitative estimate of drug-likeness (QED) is 0.423. The number of carbonyl (C=O) groups is 1. The minimum absolute atomic E-state index is 0.0213. The van der Waals surface area contributed by atoms with Crippen LogP contribution in [0.25, 0.3) is 17.4 Å². The molecule has 3 aromatic rings. The second-order valence-electron chi connectivity index (χ2n) is 5.19. The molecular formula is C19H14N2O4. The lowest BCUT2D eigenvalue weighted by atomic mass is 10.1. The Morgan fingerprint density at radius 2 is 1.72 bits per heavy atom. The lowest BCUT2D eigenvalue weighted by molar-refractivity contribution is -0.384. The standard InChI is InChI=1S/C19H14N2O4/c22-19(20-15-4-2-1-3-5-15)13-11-17-10-12-18(25-17)14-6-8-16(9-7-14)21(23)24/h1-13H,(H,20,22)/b13-11+. The molecule has 0 aliphatic heterocycles. The maximum atomic E-state index is 11.9. The highest BCUT2D eigenvalue weighted by Gasteiger charge is 2.08. The van der Waals surface area contributed by atoms with Gasteiger partial charge in [0, 0.05) is 29.5 Å². The number of hydrogen-bond acceptors (Lipinski definition) is 4. The predicted octanol–water partition coefficient (Wildman–Crippen LogP) is 4.51. The molecule has 2 aromatic carbocycles. The Morgan fingerprint density at radius 3 is 2.40 bits per heavy atom. The monoisotopic (exact) mass is 334 g/mol. The number of non-ortho nitro benzene ring substituents is 1. The average Bonchev–Trinajstić information content (AvgIpc) is 3.10. The Balaban J connectivity index is 1.66. The molecule has 0 saturated heterocycles. The lowest BCUT2D eigenvalue weighted by Gasteiger charge is -2.00. The third-order valence-electron chi connectivity index (χ3n) is 3.43. The van der Waals surface area contributed by atoms with Crippen molar-refractivity contribution in [2.45, 2.75) is 0 Å². The van der Waals surface area contributed by atoms with Crippen LogP contribution < -0.4 is 5.32 Å². The summed E-state index contributed by atoms with van der Waals surface area (Å²) in [6, 6.07) is 18.7. The van der Waals surface area contributed by atoms with Crippen LogP contribution in [-0.4, -0.2) is 10.8 Å². The highest BCUT2D eigenvalue weighted by molar-refractivity contribution is 6.01. The second-order valence-corrected chi connectivity index (χ2v) is 5.19. The highest BCUT2D eigenvalue weighted by atomic mass is 16.6. The number of rotatable bonds is 5. The molecule has 0 fully saturated rings. The SMILES string of the molecule is O=C(/C=C/c1ccc(-c2ccc([N+](=O)[O-])cc2)o1)Nc1ccccc1. The molecule has 0 bridgehead atoms. The summed E-state index contributed by atoms with van der Waals surface area (Å²) < 4.78 is 5.63. The molecule has 0 saturated carbocycles. The van der Waals surface area contributed by atoms with Crippen molar-refractivity contribution >= 4 is 23.4 Å². The van der Waals surface area contributed by atoms with Crippen LogP contribution in [0, 0.1) is 10.1 Å². The van der Waals surface area contributed by atoms with E-state index in [0.29, 0.717) is 17.2 Å². The first kappa shape index (κ1) is 16.2. The molecule has 25 heavy (non-hydrogen) atoms. The molecule has 0 aliphatic rings. The molecule has 1 aromatic heterocycles. The topological polar surface area (TPSA) is 85.4 Å².